The number of hydrogen-bond acceptors (Lipinski definition) is 3. The normalized spacial score (nSPS) is 34.0. The van der Waals surface area contributed by atoms with Crippen molar-refractivity contribution in [1.82, 2.24) is 4.90 Å². The summed E-state index contributed by atoms with van der Waals surface area (Å²) < 4.78 is 5.63. The van der Waals surface area contributed by atoms with Gasteiger partial charge in [0.25, 0.3) is 0 Å². The van der Waals surface area contributed by atoms with Gasteiger partial charge in [0.1, 0.15) is 0 Å². The fourth-order valence-corrected chi connectivity index (χ4v) is 2.46. The molecule has 1 aliphatic carbocycles. The minimum atomic E-state index is -0.380. The zero-order valence-electron chi connectivity index (χ0n) is 8.61. The predicted octanol–water partition coefficient (Wildman–Crippen LogP) is 0.114. The first-order valence-electron chi connectivity index (χ1n) is 5.38. The van der Waals surface area contributed by atoms with E-state index in [1.54, 1.807) is 6.92 Å². The molecule has 2 fully saturated rings. The number of hydrogen-bond donors (Lipinski definition) is 1. The SMILES string of the molecule is CC(N)C(=O)N1CCO[C@@H]2CCC[C@@H]21. The highest BCUT2D eigenvalue weighted by atomic mass is 16.5. The van der Waals surface area contributed by atoms with Crippen molar-refractivity contribution in [1.29, 1.82) is 0 Å². The summed E-state index contributed by atoms with van der Waals surface area (Å²) >= 11 is 0. The largest absolute Gasteiger partial charge is 0.374 e. The lowest BCUT2D eigenvalue weighted by Crippen LogP contribution is -2.55. The van der Waals surface area contributed by atoms with Crippen molar-refractivity contribution >= 4 is 5.91 Å². The van der Waals surface area contributed by atoms with E-state index in [0.29, 0.717) is 19.2 Å². The summed E-state index contributed by atoms with van der Waals surface area (Å²) in [6.45, 7) is 3.13. The van der Waals surface area contributed by atoms with Crippen LogP contribution in [0.25, 0.3) is 0 Å². The molecule has 4 heteroatoms. The fraction of sp³-hybridized carbons (Fsp3) is 0.900. The van der Waals surface area contributed by atoms with Crippen molar-refractivity contribution in [3.63, 3.8) is 0 Å². The molecule has 0 aromatic carbocycles. The van der Waals surface area contributed by atoms with E-state index in [1.807, 2.05) is 4.90 Å². The van der Waals surface area contributed by atoms with Gasteiger partial charge in [0.15, 0.2) is 0 Å². The van der Waals surface area contributed by atoms with Crippen molar-refractivity contribution in [3.05, 3.63) is 0 Å². The summed E-state index contributed by atoms with van der Waals surface area (Å²) in [6, 6.07) is -0.0865. The van der Waals surface area contributed by atoms with Crippen molar-refractivity contribution in [2.24, 2.45) is 5.73 Å². The fourth-order valence-electron chi connectivity index (χ4n) is 2.46. The topological polar surface area (TPSA) is 55.6 Å². The Morgan fingerprint density at radius 1 is 1.57 bits per heavy atom. The zero-order chi connectivity index (χ0) is 10.1. The second kappa shape index (κ2) is 3.87. The summed E-state index contributed by atoms with van der Waals surface area (Å²) in [5, 5.41) is 0. The Morgan fingerprint density at radius 2 is 2.36 bits per heavy atom. The molecule has 1 heterocycles. The number of rotatable bonds is 1. The van der Waals surface area contributed by atoms with Crippen LogP contribution < -0.4 is 5.73 Å². The predicted molar refractivity (Wildman–Crippen MR) is 52.7 cm³/mol. The Kier molecular flexibility index (Phi) is 2.74. The van der Waals surface area contributed by atoms with Crippen LogP contribution in [0.2, 0.25) is 0 Å². The van der Waals surface area contributed by atoms with Gasteiger partial charge in [-0.15, -0.1) is 0 Å². The van der Waals surface area contributed by atoms with E-state index in [9.17, 15) is 4.79 Å². The number of amides is 1. The maximum absolute atomic E-state index is 11.8. The van der Waals surface area contributed by atoms with Crippen LogP contribution in [0.1, 0.15) is 26.2 Å². The second-order valence-corrected chi connectivity index (χ2v) is 4.23. The lowest BCUT2D eigenvalue weighted by atomic mass is 10.1. The third kappa shape index (κ3) is 1.64. The van der Waals surface area contributed by atoms with E-state index < -0.39 is 0 Å². The first-order valence-corrected chi connectivity index (χ1v) is 5.38. The van der Waals surface area contributed by atoms with Gasteiger partial charge in [-0.3, -0.25) is 4.79 Å². The number of nitrogens with zero attached hydrogens (tertiary/aromatic N) is 1. The number of carbonyl (C=O) groups excluding carboxylic acids is 1. The lowest BCUT2D eigenvalue weighted by molar-refractivity contribution is -0.144. The molecule has 1 aliphatic heterocycles. The van der Waals surface area contributed by atoms with Crippen LogP contribution in [0.4, 0.5) is 0 Å². The summed E-state index contributed by atoms with van der Waals surface area (Å²) in [5.74, 6) is 0.0743. The summed E-state index contributed by atoms with van der Waals surface area (Å²) in [6.07, 6.45) is 3.60. The van der Waals surface area contributed by atoms with Gasteiger partial charge in [-0.05, 0) is 26.2 Å². The van der Waals surface area contributed by atoms with Crippen molar-refractivity contribution in [2.45, 2.75) is 44.4 Å². The highest BCUT2D eigenvalue weighted by molar-refractivity contribution is 5.81. The Labute approximate surface area is 84.4 Å². The molecule has 2 N–H and O–H groups in total. The molecule has 2 aliphatic rings. The first-order chi connectivity index (χ1) is 6.70. The monoisotopic (exact) mass is 198 g/mol. The first kappa shape index (κ1) is 9.93. The van der Waals surface area contributed by atoms with E-state index in [1.165, 1.54) is 0 Å². The number of nitrogens with two attached hydrogens (primary N) is 1. The second-order valence-electron chi connectivity index (χ2n) is 4.23. The van der Waals surface area contributed by atoms with E-state index in [0.717, 1.165) is 19.3 Å². The maximum atomic E-state index is 11.8. The molecule has 1 unspecified atom stereocenters. The third-order valence-electron chi connectivity index (χ3n) is 3.15. The number of ether oxygens (including phenoxy) is 1. The molecule has 80 valence electrons. The van der Waals surface area contributed by atoms with Crippen molar-refractivity contribution in [2.75, 3.05) is 13.2 Å². The Bertz CT molecular complexity index is 230. The van der Waals surface area contributed by atoms with Crippen LogP contribution in [0.5, 0.6) is 0 Å². The molecule has 0 aromatic heterocycles. The minimum Gasteiger partial charge on any atom is -0.374 e. The number of carbonyl (C=O) groups is 1. The molecular formula is C10H18N2O2. The van der Waals surface area contributed by atoms with E-state index in [4.69, 9.17) is 10.5 Å². The third-order valence-corrected chi connectivity index (χ3v) is 3.15. The number of morpholine rings is 1. The van der Waals surface area contributed by atoms with Gasteiger partial charge in [0.05, 0.1) is 24.8 Å². The van der Waals surface area contributed by atoms with Crippen LogP contribution in [0, 0.1) is 0 Å². The van der Waals surface area contributed by atoms with Gasteiger partial charge in [-0.2, -0.15) is 0 Å². The smallest absolute Gasteiger partial charge is 0.239 e. The van der Waals surface area contributed by atoms with Gasteiger partial charge in [-0.25, -0.2) is 0 Å². The number of fused-ring (bicyclic) bond motifs is 1. The van der Waals surface area contributed by atoms with Crippen molar-refractivity contribution < 1.29 is 9.53 Å². The highest BCUT2D eigenvalue weighted by Crippen LogP contribution is 2.29. The van der Waals surface area contributed by atoms with Gasteiger partial charge in [0, 0.05) is 6.54 Å². The lowest BCUT2D eigenvalue weighted by Gasteiger charge is -2.38. The standard InChI is InChI=1S/C10H18N2O2/c1-7(11)10(13)12-5-6-14-9-4-2-3-8(9)12/h7-9H,2-6,11H2,1H3/t7?,8-,9+/m0/s1. The molecular weight excluding hydrogens is 180 g/mol. The van der Waals surface area contributed by atoms with Crippen LogP contribution in [0.3, 0.4) is 0 Å². The molecule has 14 heavy (non-hydrogen) atoms. The van der Waals surface area contributed by atoms with Gasteiger partial charge in [-0.1, -0.05) is 0 Å². The Morgan fingerprint density at radius 3 is 3.07 bits per heavy atom. The van der Waals surface area contributed by atoms with E-state index >= 15 is 0 Å². The molecule has 3 atom stereocenters. The molecule has 2 rings (SSSR count). The van der Waals surface area contributed by atoms with Crippen LogP contribution in [-0.4, -0.2) is 42.1 Å². The Hall–Kier alpha value is -0.610. The van der Waals surface area contributed by atoms with Crippen molar-refractivity contribution in [3.8, 4) is 0 Å². The molecule has 0 aromatic rings. The summed E-state index contributed by atoms with van der Waals surface area (Å²) in [4.78, 5) is 13.7. The van der Waals surface area contributed by atoms with Gasteiger partial charge < -0.3 is 15.4 Å². The molecule has 4 nitrogen and oxygen atoms in total. The molecule has 0 radical (unpaired) electrons. The molecule has 1 saturated carbocycles. The minimum absolute atomic E-state index is 0.0743. The van der Waals surface area contributed by atoms with Crippen LogP contribution >= 0.6 is 0 Å². The van der Waals surface area contributed by atoms with Gasteiger partial charge in [0.2, 0.25) is 5.91 Å². The quantitative estimate of drug-likeness (QED) is 0.651. The van der Waals surface area contributed by atoms with Crippen LogP contribution in [-0.2, 0) is 9.53 Å². The summed E-state index contributed by atoms with van der Waals surface area (Å²) in [7, 11) is 0. The molecule has 0 bridgehead atoms. The molecule has 1 saturated heterocycles. The average Bonchev–Trinajstić information content (AvgIpc) is 2.63. The van der Waals surface area contributed by atoms with E-state index in [2.05, 4.69) is 0 Å². The molecule has 0 spiro atoms. The Balaban J connectivity index is 2.06. The molecule has 1 amide bonds. The van der Waals surface area contributed by atoms with Crippen LogP contribution in [0.15, 0.2) is 0 Å². The average molecular weight is 198 g/mol. The van der Waals surface area contributed by atoms with E-state index in [-0.39, 0.29) is 18.1 Å². The zero-order valence-corrected chi connectivity index (χ0v) is 8.61. The maximum Gasteiger partial charge on any atom is 0.239 e. The van der Waals surface area contributed by atoms with Gasteiger partial charge >= 0.3 is 0 Å². The summed E-state index contributed by atoms with van der Waals surface area (Å²) in [5.41, 5.74) is 5.62. The highest BCUT2D eigenvalue weighted by Gasteiger charge is 2.38.